The van der Waals surface area contributed by atoms with Gasteiger partial charge in [-0.2, -0.15) is 10.4 Å². The van der Waals surface area contributed by atoms with Crippen molar-refractivity contribution >= 4 is 31.9 Å². The van der Waals surface area contributed by atoms with Crippen molar-refractivity contribution in [2.45, 2.75) is 18.4 Å². The zero-order valence-corrected chi connectivity index (χ0v) is 13.3. The molecule has 0 atom stereocenters. The first kappa shape index (κ1) is 15.3. The number of hydrogen-bond donors (Lipinski definition) is 2. The Kier molecular flexibility index (Phi) is 4.20. The van der Waals surface area contributed by atoms with E-state index >= 15 is 0 Å². The van der Waals surface area contributed by atoms with Crippen molar-refractivity contribution in [3.05, 3.63) is 22.8 Å². The van der Waals surface area contributed by atoms with Crippen molar-refractivity contribution in [3.8, 4) is 6.07 Å². The van der Waals surface area contributed by atoms with Crippen LogP contribution in [0.2, 0.25) is 0 Å². The number of thiophene rings is 1. The molecule has 0 fully saturated rings. The molecule has 2 rings (SSSR count). The van der Waals surface area contributed by atoms with Gasteiger partial charge in [0.1, 0.15) is 20.8 Å². The van der Waals surface area contributed by atoms with Crippen LogP contribution in [0, 0.1) is 11.3 Å². The van der Waals surface area contributed by atoms with E-state index in [1.807, 2.05) is 12.3 Å². The van der Waals surface area contributed by atoms with Crippen molar-refractivity contribution in [2.24, 2.45) is 7.05 Å². The van der Waals surface area contributed by atoms with E-state index in [2.05, 4.69) is 10.4 Å². The Balaban J connectivity index is 2.37. The molecule has 0 aliphatic rings. The molecule has 0 saturated carbocycles. The molecule has 0 amide bonds. The number of aromatic nitrogens is 2. The smallest absolute Gasteiger partial charge is 0.183 e. The SMILES string of the molecule is CCS(=O)(=O)c1c(NCc2cnn(C)c2)sc(C#N)c1N. The van der Waals surface area contributed by atoms with E-state index in [0.29, 0.717) is 11.5 Å². The fraction of sp³-hybridized carbons (Fsp3) is 0.333. The number of sulfone groups is 1. The Labute approximate surface area is 126 Å². The first-order chi connectivity index (χ1) is 9.89. The number of rotatable bonds is 5. The van der Waals surface area contributed by atoms with Crippen LogP contribution in [-0.4, -0.2) is 24.0 Å². The standard InChI is InChI=1S/C12H15N5O2S2/c1-3-21(18,19)11-10(14)9(4-13)20-12(11)15-5-8-6-16-17(2)7-8/h6-7,15H,3,5,14H2,1-2H3. The van der Waals surface area contributed by atoms with E-state index in [9.17, 15) is 8.42 Å². The van der Waals surface area contributed by atoms with Crippen LogP contribution in [0.1, 0.15) is 17.4 Å². The van der Waals surface area contributed by atoms with Gasteiger partial charge in [-0.15, -0.1) is 11.3 Å². The minimum Gasteiger partial charge on any atom is -0.396 e. The van der Waals surface area contributed by atoms with Crippen molar-refractivity contribution in [1.82, 2.24) is 9.78 Å². The Morgan fingerprint density at radius 1 is 1.57 bits per heavy atom. The number of hydrogen-bond acceptors (Lipinski definition) is 7. The summed E-state index contributed by atoms with van der Waals surface area (Å²) in [6.07, 6.45) is 3.51. The summed E-state index contributed by atoms with van der Waals surface area (Å²) < 4.78 is 26.0. The minimum absolute atomic E-state index is 0.0236. The fourth-order valence-electron chi connectivity index (χ4n) is 1.83. The van der Waals surface area contributed by atoms with Gasteiger partial charge >= 0.3 is 0 Å². The average Bonchev–Trinajstić information content (AvgIpc) is 3.00. The Hall–Kier alpha value is -2.05. The first-order valence-electron chi connectivity index (χ1n) is 6.15. The Bertz CT molecular complexity index is 798. The third-order valence-corrected chi connectivity index (χ3v) is 5.91. The molecule has 112 valence electrons. The molecular formula is C12H15N5O2S2. The second-order valence-electron chi connectivity index (χ2n) is 4.39. The zero-order chi connectivity index (χ0) is 15.6. The molecule has 0 saturated heterocycles. The van der Waals surface area contributed by atoms with Crippen molar-refractivity contribution in [1.29, 1.82) is 5.26 Å². The van der Waals surface area contributed by atoms with Crippen LogP contribution >= 0.6 is 11.3 Å². The number of nitrogens with zero attached hydrogens (tertiary/aromatic N) is 3. The molecule has 0 aromatic carbocycles. The second kappa shape index (κ2) is 5.75. The van der Waals surface area contributed by atoms with Gasteiger partial charge in [0.2, 0.25) is 0 Å². The number of nitriles is 1. The summed E-state index contributed by atoms with van der Waals surface area (Å²) >= 11 is 1.05. The molecule has 9 heteroatoms. The summed E-state index contributed by atoms with van der Waals surface area (Å²) in [6, 6.07) is 1.93. The van der Waals surface area contributed by atoms with E-state index in [1.54, 1.807) is 24.9 Å². The molecule has 2 heterocycles. The Morgan fingerprint density at radius 3 is 2.81 bits per heavy atom. The third kappa shape index (κ3) is 3.01. The summed E-state index contributed by atoms with van der Waals surface area (Å²) in [6.45, 7) is 1.95. The average molecular weight is 325 g/mol. The van der Waals surface area contributed by atoms with Gasteiger partial charge < -0.3 is 11.1 Å². The first-order valence-corrected chi connectivity index (χ1v) is 8.62. The van der Waals surface area contributed by atoms with Crippen molar-refractivity contribution in [3.63, 3.8) is 0 Å². The molecule has 21 heavy (non-hydrogen) atoms. The van der Waals surface area contributed by atoms with Crippen LogP contribution in [0.4, 0.5) is 10.7 Å². The summed E-state index contributed by atoms with van der Waals surface area (Å²) in [5.74, 6) is -0.0691. The van der Waals surface area contributed by atoms with Crippen molar-refractivity contribution in [2.75, 3.05) is 16.8 Å². The quantitative estimate of drug-likeness (QED) is 0.857. The highest BCUT2D eigenvalue weighted by Gasteiger charge is 2.26. The maximum Gasteiger partial charge on any atom is 0.183 e. The lowest BCUT2D eigenvalue weighted by Gasteiger charge is -2.07. The number of anilines is 2. The van der Waals surface area contributed by atoms with Crippen LogP contribution in [0.5, 0.6) is 0 Å². The summed E-state index contributed by atoms with van der Waals surface area (Å²) in [5.41, 5.74) is 6.73. The normalized spacial score (nSPS) is 11.3. The largest absolute Gasteiger partial charge is 0.396 e. The molecule has 0 radical (unpaired) electrons. The second-order valence-corrected chi connectivity index (χ2v) is 7.63. The lowest BCUT2D eigenvalue weighted by molar-refractivity contribution is 0.598. The maximum atomic E-state index is 12.1. The fourth-order valence-corrected chi connectivity index (χ4v) is 4.29. The van der Waals surface area contributed by atoms with Gasteiger partial charge in [-0.3, -0.25) is 4.68 Å². The number of nitrogens with two attached hydrogens (primary N) is 1. The van der Waals surface area contributed by atoms with Crippen LogP contribution in [-0.2, 0) is 23.4 Å². The highest BCUT2D eigenvalue weighted by molar-refractivity contribution is 7.91. The van der Waals surface area contributed by atoms with E-state index in [4.69, 9.17) is 11.0 Å². The minimum atomic E-state index is -3.50. The number of nitrogen functional groups attached to an aromatic ring is 1. The molecular weight excluding hydrogens is 310 g/mol. The third-order valence-electron chi connectivity index (χ3n) is 2.90. The van der Waals surface area contributed by atoms with Gasteiger partial charge in [-0.1, -0.05) is 6.92 Å². The molecule has 0 bridgehead atoms. The number of nitrogens with one attached hydrogen (secondary N) is 1. The van der Waals surface area contributed by atoms with Gasteiger partial charge in [0.25, 0.3) is 0 Å². The lowest BCUT2D eigenvalue weighted by atomic mass is 10.3. The molecule has 0 unspecified atom stereocenters. The van der Waals surface area contributed by atoms with Crippen LogP contribution in [0.25, 0.3) is 0 Å². The molecule has 0 spiro atoms. The molecule has 0 aliphatic heterocycles. The molecule has 2 aromatic heterocycles. The van der Waals surface area contributed by atoms with Crippen LogP contribution in [0.15, 0.2) is 17.3 Å². The molecule has 3 N–H and O–H groups in total. The predicted octanol–water partition coefficient (Wildman–Crippen LogP) is 1.34. The van der Waals surface area contributed by atoms with Gasteiger partial charge in [0.15, 0.2) is 9.84 Å². The monoisotopic (exact) mass is 325 g/mol. The highest BCUT2D eigenvalue weighted by Crippen LogP contribution is 2.39. The van der Waals surface area contributed by atoms with Gasteiger partial charge in [0.05, 0.1) is 17.6 Å². The molecule has 7 nitrogen and oxygen atoms in total. The van der Waals surface area contributed by atoms with E-state index in [1.165, 1.54) is 0 Å². The topological polar surface area (TPSA) is 114 Å². The Morgan fingerprint density at radius 2 is 2.29 bits per heavy atom. The number of aryl methyl sites for hydroxylation is 1. The van der Waals surface area contributed by atoms with E-state index in [-0.39, 0.29) is 21.2 Å². The zero-order valence-electron chi connectivity index (χ0n) is 11.6. The molecule has 0 aliphatic carbocycles. The molecule has 2 aromatic rings. The summed E-state index contributed by atoms with van der Waals surface area (Å²) in [7, 11) is -1.70. The lowest BCUT2D eigenvalue weighted by Crippen LogP contribution is -2.09. The van der Waals surface area contributed by atoms with Gasteiger partial charge in [-0.05, 0) is 0 Å². The predicted molar refractivity (Wildman–Crippen MR) is 81.7 cm³/mol. The van der Waals surface area contributed by atoms with Crippen LogP contribution in [0.3, 0.4) is 0 Å². The van der Waals surface area contributed by atoms with E-state index < -0.39 is 9.84 Å². The van der Waals surface area contributed by atoms with Crippen LogP contribution < -0.4 is 11.1 Å². The highest BCUT2D eigenvalue weighted by atomic mass is 32.2. The maximum absolute atomic E-state index is 12.1. The van der Waals surface area contributed by atoms with Gasteiger partial charge in [0, 0.05) is 25.4 Å². The summed E-state index contributed by atoms with van der Waals surface area (Å²) in [4.78, 5) is 0.228. The van der Waals surface area contributed by atoms with E-state index in [0.717, 1.165) is 16.9 Å². The van der Waals surface area contributed by atoms with Gasteiger partial charge in [-0.25, -0.2) is 8.42 Å². The summed E-state index contributed by atoms with van der Waals surface area (Å²) in [5, 5.41) is 16.5. The van der Waals surface area contributed by atoms with Crippen molar-refractivity contribution < 1.29 is 8.42 Å².